The third-order valence-electron chi connectivity index (χ3n) is 3.18. The lowest BCUT2D eigenvalue weighted by Crippen LogP contribution is -2.15. The monoisotopic (exact) mass is 219 g/mol. The second kappa shape index (κ2) is 5.19. The number of anilines is 2. The van der Waals surface area contributed by atoms with Crippen LogP contribution in [0.4, 0.5) is 11.5 Å². The van der Waals surface area contributed by atoms with E-state index < -0.39 is 0 Å². The van der Waals surface area contributed by atoms with Crippen molar-refractivity contribution in [3.63, 3.8) is 0 Å². The maximum Gasteiger partial charge on any atom is 0.127 e. The summed E-state index contributed by atoms with van der Waals surface area (Å²) in [5.74, 6) is 1.83. The Kier molecular flexibility index (Phi) is 3.65. The molecule has 0 aromatic carbocycles. The van der Waals surface area contributed by atoms with E-state index in [1.54, 1.807) is 0 Å². The molecule has 0 aliphatic heterocycles. The number of nitrogens with one attached hydrogen (secondary N) is 2. The summed E-state index contributed by atoms with van der Waals surface area (Å²) in [7, 11) is 0. The molecule has 1 heterocycles. The minimum atomic E-state index is 0.645. The van der Waals surface area contributed by atoms with Gasteiger partial charge < -0.3 is 10.6 Å². The fraction of sp³-hybridized carbons (Fsp3) is 0.615. The minimum absolute atomic E-state index is 0.645. The Balaban J connectivity index is 1.95. The van der Waals surface area contributed by atoms with Gasteiger partial charge in [-0.15, -0.1) is 0 Å². The highest BCUT2D eigenvalue weighted by Gasteiger charge is 2.20. The van der Waals surface area contributed by atoms with Crippen LogP contribution in [0.25, 0.3) is 0 Å². The molecule has 3 heteroatoms. The summed E-state index contributed by atoms with van der Waals surface area (Å²) in [4.78, 5) is 4.27. The number of aromatic nitrogens is 1. The lowest BCUT2D eigenvalue weighted by molar-refractivity contribution is 0.602. The van der Waals surface area contributed by atoms with E-state index in [2.05, 4.69) is 35.5 Å². The lowest BCUT2D eigenvalue weighted by Gasteiger charge is -2.14. The van der Waals surface area contributed by atoms with Crippen molar-refractivity contribution in [2.75, 3.05) is 17.2 Å². The van der Waals surface area contributed by atoms with Gasteiger partial charge in [0.1, 0.15) is 5.82 Å². The highest BCUT2D eigenvalue weighted by molar-refractivity contribution is 5.52. The van der Waals surface area contributed by atoms with Crippen LogP contribution in [0.2, 0.25) is 0 Å². The van der Waals surface area contributed by atoms with E-state index in [9.17, 15) is 0 Å². The maximum absolute atomic E-state index is 4.27. The highest BCUT2D eigenvalue weighted by atomic mass is 15.0. The average Bonchev–Trinajstić information content (AvgIpc) is 2.65. The van der Waals surface area contributed by atoms with E-state index in [4.69, 9.17) is 0 Å². The molecule has 0 spiro atoms. The number of pyridine rings is 1. The molecule has 1 aromatic heterocycles. The molecule has 16 heavy (non-hydrogen) atoms. The molecule has 0 amide bonds. The van der Waals surface area contributed by atoms with E-state index in [1.807, 2.05) is 12.3 Å². The molecule has 2 atom stereocenters. The smallest absolute Gasteiger partial charge is 0.127 e. The predicted molar refractivity (Wildman–Crippen MR) is 68.8 cm³/mol. The second-order valence-electron chi connectivity index (χ2n) is 4.72. The Morgan fingerprint density at radius 2 is 2.31 bits per heavy atom. The van der Waals surface area contributed by atoms with Crippen molar-refractivity contribution in [3.05, 3.63) is 18.3 Å². The van der Waals surface area contributed by atoms with Crippen LogP contribution < -0.4 is 10.6 Å². The molecule has 0 saturated heterocycles. The Bertz CT molecular complexity index is 338. The van der Waals surface area contributed by atoms with Gasteiger partial charge in [-0.2, -0.15) is 0 Å². The first-order valence-electron chi connectivity index (χ1n) is 6.24. The van der Waals surface area contributed by atoms with E-state index in [-0.39, 0.29) is 0 Å². The Hall–Kier alpha value is -1.25. The van der Waals surface area contributed by atoms with Gasteiger partial charge in [0.15, 0.2) is 0 Å². The molecule has 0 radical (unpaired) electrons. The van der Waals surface area contributed by atoms with Crippen molar-refractivity contribution in [1.29, 1.82) is 0 Å². The first-order chi connectivity index (χ1) is 7.78. The number of rotatable bonds is 4. The SMILES string of the molecule is CCNc1cc(NC2CCC(C)C2)ccn1. The average molecular weight is 219 g/mol. The summed E-state index contributed by atoms with van der Waals surface area (Å²) in [5, 5.41) is 6.82. The molecule has 2 unspecified atom stereocenters. The van der Waals surface area contributed by atoms with Gasteiger partial charge in [-0.1, -0.05) is 6.92 Å². The molecular weight excluding hydrogens is 198 g/mol. The Labute approximate surface area is 97.7 Å². The van der Waals surface area contributed by atoms with Crippen LogP contribution in [0.15, 0.2) is 18.3 Å². The molecular formula is C13H21N3. The van der Waals surface area contributed by atoms with Gasteiger partial charge in [-0.05, 0) is 38.2 Å². The zero-order chi connectivity index (χ0) is 11.4. The van der Waals surface area contributed by atoms with Crippen LogP contribution in [0.1, 0.15) is 33.1 Å². The molecule has 0 bridgehead atoms. The van der Waals surface area contributed by atoms with E-state index >= 15 is 0 Å². The van der Waals surface area contributed by atoms with Crippen LogP contribution in [0.3, 0.4) is 0 Å². The Morgan fingerprint density at radius 3 is 3.00 bits per heavy atom. The summed E-state index contributed by atoms with van der Waals surface area (Å²) in [5.41, 5.74) is 1.19. The molecule has 1 aliphatic rings. The standard InChI is InChI=1S/C13H21N3/c1-3-14-13-9-12(6-7-15-13)16-11-5-4-10(2)8-11/h6-7,9-11H,3-5,8H2,1-2H3,(H2,14,15,16). The van der Waals surface area contributed by atoms with Gasteiger partial charge in [0.05, 0.1) is 0 Å². The van der Waals surface area contributed by atoms with Crippen molar-refractivity contribution in [2.45, 2.75) is 39.2 Å². The first-order valence-corrected chi connectivity index (χ1v) is 6.24. The Morgan fingerprint density at radius 1 is 1.44 bits per heavy atom. The van der Waals surface area contributed by atoms with Gasteiger partial charge in [0.25, 0.3) is 0 Å². The molecule has 88 valence electrons. The van der Waals surface area contributed by atoms with Crippen molar-refractivity contribution in [1.82, 2.24) is 4.98 Å². The number of hydrogen-bond acceptors (Lipinski definition) is 3. The van der Waals surface area contributed by atoms with E-state index in [0.29, 0.717) is 6.04 Å². The van der Waals surface area contributed by atoms with Crippen LogP contribution in [0.5, 0.6) is 0 Å². The molecule has 1 aromatic rings. The van der Waals surface area contributed by atoms with Crippen LogP contribution in [-0.2, 0) is 0 Å². The third kappa shape index (κ3) is 2.87. The molecule has 1 aliphatic carbocycles. The minimum Gasteiger partial charge on any atom is -0.382 e. The third-order valence-corrected chi connectivity index (χ3v) is 3.18. The first kappa shape index (κ1) is 11.2. The van der Waals surface area contributed by atoms with Crippen LogP contribution >= 0.6 is 0 Å². The summed E-state index contributed by atoms with van der Waals surface area (Å²) in [6.07, 6.45) is 5.79. The second-order valence-corrected chi connectivity index (χ2v) is 4.72. The van der Waals surface area contributed by atoms with Crippen LogP contribution in [0, 0.1) is 5.92 Å². The van der Waals surface area contributed by atoms with Gasteiger partial charge in [0.2, 0.25) is 0 Å². The van der Waals surface area contributed by atoms with Crippen molar-refractivity contribution >= 4 is 11.5 Å². The zero-order valence-corrected chi connectivity index (χ0v) is 10.2. The topological polar surface area (TPSA) is 37.0 Å². The quantitative estimate of drug-likeness (QED) is 0.817. The van der Waals surface area contributed by atoms with Gasteiger partial charge in [-0.3, -0.25) is 0 Å². The number of nitrogens with zero attached hydrogens (tertiary/aromatic N) is 1. The van der Waals surface area contributed by atoms with E-state index in [0.717, 1.165) is 18.3 Å². The fourth-order valence-electron chi connectivity index (χ4n) is 2.37. The summed E-state index contributed by atoms with van der Waals surface area (Å²) >= 11 is 0. The van der Waals surface area contributed by atoms with Crippen molar-refractivity contribution in [2.24, 2.45) is 5.92 Å². The molecule has 2 rings (SSSR count). The summed E-state index contributed by atoms with van der Waals surface area (Å²) < 4.78 is 0. The molecule has 2 N–H and O–H groups in total. The fourth-order valence-corrected chi connectivity index (χ4v) is 2.37. The lowest BCUT2D eigenvalue weighted by atomic mass is 10.1. The van der Waals surface area contributed by atoms with Crippen molar-refractivity contribution in [3.8, 4) is 0 Å². The van der Waals surface area contributed by atoms with Gasteiger partial charge >= 0.3 is 0 Å². The largest absolute Gasteiger partial charge is 0.382 e. The van der Waals surface area contributed by atoms with Gasteiger partial charge in [-0.25, -0.2) is 4.98 Å². The highest BCUT2D eigenvalue weighted by Crippen LogP contribution is 2.27. The number of hydrogen-bond donors (Lipinski definition) is 2. The normalized spacial score (nSPS) is 24.4. The summed E-state index contributed by atoms with van der Waals surface area (Å²) in [6, 6.07) is 4.78. The molecule has 1 fully saturated rings. The molecule has 3 nitrogen and oxygen atoms in total. The zero-order valence-electron chi connectivity index (χ0n) is 10.2. The molecule has 1 saturated carbocycles. The predicted octanol–water partition coefficient (Wildman–Crippen LogP) is 3.11. The van der Waals surface area contributed by atoms with Crippen LogP contribution in [-0.4, -0.2) is 17.6 Å². The maximum atomic E-state index is 4.27. The van der Waals surface area contributed by atoms with Gasteiger partial charge in [0, 0.05) is 30.5 Å². The summed E-state index contributed by atoms with van der Waals surface area (Å²) in [6.45, 7) is 5.33. The van der Waals surface area contributed by atoms with Crippen molar-refractivity contribution < 1.29 is 0 Å². The van der Waals surface area contributed by atoms with E-state index in [1.165, 1.54) is 24.9 Å².